The summed E-state index contributed by atoms with van der Waals surface area (Å²) in [4.78, 5) is 15.1. The lowest BCUT2D eigenvalue weighted by molar-refractivity contribution is -0.136. The second-order valence-electron chi connectivity index (χ2n) is 7.93. The molecule has 27 heavy (non-hydrogen) atoms. The smallest absolute Gasteiger partial charge is 0.227 e. The molecule has 148 valence electrons. The van der Waals surface area contributed by atoms with Gasteiger partial charge in [-0.25, -0.2) is 8.42 Å². The van der Waals surface area contributed by atoms with Crippen LogP contribution < -0.4 is 0 Å². The molecule has 0 radical (unpaired) electrons. The van der Waals surface area contributed by atoms with Crippen LogP contribution in [0, 0.1) is 17.3 Å². The first-order valence-electron chi connectivity index (χ1n) is 8.79. The third-order valence-corrected chi connectivity index (χ3v) is 7.94. The van der Waals surface area contributed by atoms with Crippen molar-refractivity contribution in [1.82, 2.24) is 4.90 Å². The third kappa shape index (κ3) is 4.64. The maximum atomic E-state index is 13.4. The van der Waals surface area contributed by atoms with E-state index < -0.39 is 9.84 Å². The van der Waals surface area contributed by atoms with Gasteiger partial charge >= 0.3 is 0 Å². The fraction of sp³-hybridized carbons (Fsp3) is 0.526. The number of allylic oxidation sites excluding steroid dienone is 1. The SMILES string of the molecule is CC1(C)[C@H](C=C(Cl)Cl)[C@@H]1C(=O)N(Cc1ccc(Cl)cc1)[C@@H]1CCS(=O)(=O)C1. The molecule has 1 aliphatic heterocycles. The number of amides is 1. The van der Waals surface area contributed by atoms with Gasteiger partial charge in [-0.3, -0.25) is 4.79 Å². The molecule has 1 amide bonds. The summed E-state index contributed by atoms with van der Waals surface area (Å²) in [7, 11) is -3.11. The Balaban J connectivity index is 1.86. The average molecular weight is 451 g/mol. The summed E-state index contributed by atoms with van der Waals surface area (Å²) in [5.41, 5.74) is 0.653. The summed E-state index contributed by atoms with van der Waals surface area (Å²) in [6.45, 7) is 4.35. The van der Waals surface area contributed by atoms with Gasteiger partial charge in [0.15, 0.2) is 9.84 Å². The van der Waals surface area contributed by atoms with Crippen LogP contribution in [0.3, 0.4) is 0 Å². The summed E-state index contributed by atoms with van der Waals surface area (Å²) < 4.78 is 24.1. The monoisotopic (exact) mass is 449 g/mol. The highest BCUT2D eigenvalue weighted by Gasteiger charge is 2.62. The lowest BCUT2D eigenvalue weighted by Crippen LogP contribution is -2.42. The Morgan fingerprint density at radius 1 is 1.26 bits per heavy atom. The van der Waals surface area contributed by atoms with Crippen LogP contribution >= 0.6 is 34.8 Å². The van der Waals surface area contributed by atoms with E-state index in [-0.39, 0.29) is 45.2 Å². The molecule has 8 heteroatoms. The molecule has 3 atom stereocenters. The second-order valence-corrected chi connectivity index (χ2v) is 11.6. The van der Waals surface area contributed by atoms with Gasteiger partial charge in [0, 0.05) is 17.6 Å². The van der Waals surface area contributed by atoms with Crippen molar-refractivity contribution in [2.24, 2.45) is 17.3 Å². The molecular formula is C19H22Cl3NO3S. The number of halogens is 3. The van der Waals surface area contributed by atoms with Gasteiger partial charge in [-0.1, -0.05) is 60.8 Å². The Labute approximate surface area is 175 Å². The minimum absolute atomic E-state index is 0.0102. The topological polar surface area (TPSA) is 54.5 Å². The predicted octanol–water partition coefficient (Wildman–Crippen LogP) is 4.45. The summed E-state index contributed by atoms with van der Waals surface area (Å²) in [6.07, 6.45) is 2.17. The lowest BCUT2D eigenvalue weighted by Gasteiger charge is -2.29. The van der Waals surface area contributed by atoms with Gasteiger partial charge in [0.2, 0.25) is 5.91 Å². The van der Waals surface area contributed by atoms with Gasteiger partial charge in [0.25, 0.3) is 0 Å². The summed E-state index contributed by atoms with van der Waals surface area (Å²) >= 11 is 17.6. The summed E-state index contributed by atoms with van der Waals surface area (Å²) in [6, 6.07) is 6.94. The van der Waals surface area contributed by atoms with Crippen molar-refractivity contribution >= 4 is 50.5 Å². The Bertz CT molecular complexity index is 861. The Morgan fingerprint density at radius 3 is 2.41 bits per heavy atom. The van der Waals surface area contributed by atoms with Crippen molar-refractivity contribution in [3.63, 3.8) is 0 Å². The molecule has 2 fully saturated rings. The fourth-order valence-corrected chi connectivity index (χ4v) is 6.10. The van der Waals surface area contributed by atoms with Gasteiger partial charge in [-0.15, -0.1) is 0 Å². The van der Waals surface area contributed by atoms with E-state index in [2.05, 4.69) is 0 Å². The Morgan fingerprint density at radius 2 is 1.89 bits per heavy atom. The molecule has 0 spiro atoms. The molecule has 1 aromatic rings. The van der Waals surface area contributed by atoms with E-state index in [9.17, 15) is 13.2 Å². The molecule has 0 N–H and O–H groups in total. The van der Waals surface area contributed by atoms with Gasteiger partial charge in [0.1, 0.15) is 4.49 Å². The van der Waals surface area contributed by atoms with Crippen LogP contribution in [-0.4, -0.2) is 36.8 Å². The largest absolute Gasteiger partial charge is 0.334 e. The summed E-state index contributed by atoms with van der Waals surface area (Å²) in [5, 5.41) is 0.616. The molecule has 1 aliphatic carbocycles. The highest BCUT2D eigenvalue weighted by Crippen LogP contribution is 2.60. The van der Waals surface area contributed by atoms with E-state index in [1.54, 1.807) is 23.1 Å². The van der Waals surface area contributed by atoms with Crippen LogP contribution in [0.1, 0.15) is 25.8 Å². The van der Waals surface area contributed by atoms with Gasteiger partial charge in [0.05, 0.1) is 17.4 Å². The number of hydrogen-bond acceptors (Lipinski definition) is 3. The Kier molecular flexibility index (Phi) is 5.89. The maximum Gasteiger partial charge on any atom is 0.227 e. The van der Waals surface area contributed by atoms with Crippen molar-refractivity contribution < 1.29 is 13.2 Å². The minimum atomic E-state index is -3.11. The van der Waals surface area contributed by atoms with Crippen molar-refractivity contribution in [3.05, 3.63) is 45.4 Å². The number of carbonyl (C=O) groups is 1. The average Bonchev–Trinajstić information content (AvgIpc) is 2.90. The molecule has 1 heterocycles. The molecule has 1 saturated carbocycles. The van der Waals surface area contributed by atoms with Crippen molar-refractivity contribution in [2.75, 3.05) is 11.5 Å². The number of hydrogen-bond donors (Lipinski definition) is 0. The molecule has 0 bridgehead atoms. The van der Waals surface area contributed by atoms with E-state index in [0.717, 1.165) is 5.56 Å². The van der Waals surface area contributed by atoms with Crippen LogP contribution in [0.4, 0.5) is 0 Å². The van der Waals surface area contributed by atoms with Gasteiger partial charge < -0.3 is 4.90 Å². The summed E-state index contributed by atoms with van der Waals surface area (Å²) in [5.74, 6) is -0.238. The highest BCUT2D eigenvalue weighted by molar-refractivity contribution is 7.91. The van der Waals surface area contributed by atoms with Gasteiger partial charge in [-0.05, 0) is 41.5 Å². The first-order chi connectivity index (χ1) is 12.5. The number of rotatable bonds is 5. The van der Waals surface area contributed by atoms with E-state index in [4.69, 9.17) is 34.8 Å². The maximum absolute atomic E-state index is 13.4. The van der Waals surface area contributed by atoms with Crippen molar-refractivity contribution in [1.29, 1.82) is 0 Å². The molecular weight excluding hydrogens is 429 g/mol. The highest BCUT2D eigenvalue weighted by atomic mass is 35.5. The lowest BCUT2D eigenvalue weighted by atomic mass is 10.1. The minimum Gasteiger partial charge on any atom is -0.334 e. The molecule has 4 nitrogen and oxygen atoms in total. The van der Waals surface area contributed by atoms with E-state index in [1.165, 1.54) is 0 Å². The molecule has 2 aliphatic rings. The molecule has 0 unspecified atom stereocenters. The fourth-order valence-electron chi connectivity index (χ4n) is 3.97. The van der Waals surface area contributed by atoms with Crippen molar-refractivity contribution in [3.8, 4) is 0 Å². The first-order valence-corrected chi connectivity index (χ1v) is 11.7. The Hall–Kier alpha value is -0.750. The van der Waals surface area contributed by atoms with Gasteiger partial charge in [-0.2, -0.15) is 0 Å². The number of nitrogens with zero attached hydrogens (tertiary/aromatic N) is 1. The van der Waals surface area contributed by atoms with E-state index in [0.29, 0.717) is 18.0 Å². The molecule has 1 aromatic carbocycles. The molecule has 0 aromatic heterocycles. The van der Waals surface area contributed by atoms with Crippen LogP contribution in [0.15, 0.2) is 34.8 Å². The zero-order valence-electron chi connectivity index (χ0n) is 15.2. The van der Waals surface area contributed by atoms with Crippen LogP contribution in [0.25, 0.3) is 0 Å². The van der Waals surface area contributed by atoms with E-state index in [1.807, 2.05) is 26.0 Å². The number of sulfone groups is 1. The third-order valence-electron chi connectivity index (χ3n) is 5.68. The number of benzene rings is 1. The second kappa shape index (κ2) is 7.58. The predicted molar refractivity (Wildman–Crippen MR) is 110 cm³/mol. The normalized spacial score (nSPS) is 27.8. The first kappa shape index (κ1) is 21.0. The zero-order chi connectivity index (χ0) is 20.0. The van der Waals surface area contributed by atoms with Crippen LogP contribution in [0.5, 0.6) is 0 Å². The standard InChI is InChI=1S/C19H22Cl3NO3S/c1-19(2)15(9-16(21)22)17(19)18(24)23(14-7-8-27(25,26)11-14)10-12-3-5-13(20)6-4-12/h3-6,9,14-15,17H,7-8,10-11H2,1-2H3/t14-,15-,17-/m1/s1. The number of carbonyl (C=O) groups excluding carboxylic acids is 1. The zero-order valence-corrected chi connectivity index (χ0v) is 18.2. The van der Waals surface area contributed by atoms with Crippen LogP contribution in [-0.2, 0) is 21.2 Å². The van der Waals surface area contributed by atoms with Crippen LogP contribution in [0.2, 0.25) is 5.02 Å². The van der Waals surface area contributed by atoms with E-state index >= 15 is 0 Å². The molecule has 1 saturated heterocycles. The quantitative estimate of drug-likeness (QED) is 0.666. The molecule has 3 rings (SSSR count). The van der Waals surface area contributed by atoms with Crippen molar-refractivity contribution in [2.45, 2.75) is 32.9 Å².